The highest BCUT2D eigenvalue weighted by atomic mass is 79.9. The van der Waals surface area contributed by atoms with Crippen molar-refractivity contribution in [2.45, 2.75) is 22.6 Å². The average molecular weight is 622 g/mol. The molecular weight excluding hydrogens is 604 g/mol. The number of amides is 3. The van der Waals surface area contributed by atoms with Crippen LogP contribution in [0.5, 0.6) is 0 Å². The van der Waals surface area contributed by atoms with Gasteiger partial charge in [0.25, 0.3) is 29.1 Å². The molecule has 13 heteroatoms. The fraction of sp³-hybridized carbons (Fsp3) is 0.348. The summed E-state index contributed by atoms with van der Waals surface area (Å²) < 4.78 is 0. The number of nitro benzene ring substituents is 2. The maximum Gasteiger partial charge on any atom is 0.282 e. The summed E-state index contributed by atoms with van der Waals surface area (Å²) in [5.41, 5.74) is -0.496. The molecule has 3 fully saturated rings. The number of para-hydroxylation sites is 1. The highest BCUT2D eigenvalue weighted by molar-refractivity contribution is 9.12. The second kappa shape index (κ2) is 9.04. The van der Waals surface area contributed by atoms with E-state index < -0.39 is 45.1 Å². The van der Waals surface area contributed by atoms with Gasteiger partial charge in [-0.15, -0.1) is 0 Å². The standard InChI is InChI=1S/C23H18Br2N4O7/c24-19-14-9-15(20(19)25)18-17(14)22(31)27(23(18)32)26(10-11-5-7-12(8-6-11)28(33)34)21(30)13-3-1-2-4-16(13)29(35)36/h1-8,14-15,17-20H,9-10H2/t14-,15-,17-,18+,19+,20+/m1/s1. The SMILES string of the molecule is O=C(c1ccccc1[N+](=O)[O-])N(Cc1ccc([N+](=O)[O-])cc1)N1C(=O)[C@@H]2[C@H]3C[C@@H]([C@H](Br)[C@H]3Br)[C@@H]2C1=O. The van der Waals surface area contributed by atoms with Crippen LogP contribution in [-0.2, 0) is 16.1 Å². The number of fused-ring (bicyclic) bond motifs is 5. The maximum absolute atomic E-state index is 13.7. The van der Waals surface area contributed by atoms with Crippen LogP contribution < -0.4 is 0 Å². The van der Waals surface area contributed by atoms with E-state index in [4.69, 9.17) is 0 Å². The third-order valence-electron chi connectivity index (χ3n) is 7.25. The van der Waals surface area contributed by atoms with E-state index >= 15 is 0 Å². The predicted octanol–water partition coefficient (Wildman–Crippen LogP) is 3.84. The van der Waals surface area contributed by atoms with Gasteiger partial charge in [0, 0.05) is 27.9 Å². The van der Waals surface area contributed by atoms with E-state index in [1.807, 2.05) is 0 Å². The number of non-ortho nitro benzene ring substituents is 1. The first-order valence-electron chi connectivity index (χ1n) is 11.1. The lowest BCUT2D eigenvalue weighted by molar-refractivity contribution is -0.385. The van der Waals surface area contributed by atoms with Crippen LogP contribution in [0.2, 0.25) is 0 Å². The monoisotopic (exact) mass is 620 g/mol. The number of hydrazine groups is 1. The third-order valence-corrected chi connectivity index (χ3v) is 10.5. The molecule has 11 nitrogen and oxygen atoms in total. The quantitative estimate of drug-likeness (QED) is 0.206. The van der Waals surface area contributed by atoms with Crippen molar-refractivity contribution >= 4 is 61.0 Å². The van der Waals surface area contributed by atoms with Crippen LogP contribution >= 0.6 is 31.9 Å². The van der Waals surface area contributed by atoms with Crippen molar-refractivity contribution in [1.29, 1.82) is 0 Å². The molecule has 1 saturated heterocycles. The topological polar surface area (TPSA) is 144 Å². The summed E-state index contributed by atoms with van der Waals surface area (Å²) in [5, 5.41) is 24.4. The van der Waals surface area contributed by atoms with Crippen molar-refractivity contribution < 1.29 is 24.2 Å². The van der Waals surface area contributed by atoms with Crippen molar-refractivity contribution in [2.24, 2.45) is 23.7 Å². The number of hydrogen-bond acceptors (Lipinski definition) is 7. The lowest BCUT2D eigenvalue weighted by Gasteiger charge is -2.31. The van der Waals surface area contributed by atoms with Gasteiger partial charge in [-0.25, -0.2) is 5.01 Å². The first-order valence-corrected chi connectivity index (χ1v) is 12.9. The van der Waals surface area contributed by atoms with Gasteiger partial charge in [-0.05, 0) is 29.9 Å². The minimum Gasteiger partial charge on any atom is -0.272 e. The van der Waals surface area contributed by atoms with Crippen LogP contribution in [0, 0.1) is 43.9 Å². The van der Waals surface area contributed by atoms with Gasteiger partial charge in [0.15, 0.2) is 0 Å². The van der Waals surface area contributed by atoms with Crippen molar-refractivity contribution in [1.82, 2.24) is 10.0 Å². The molecule has 2 aromatic rings. The summed E-state index contributed by atoms with van der Waals surface area (Å²) in [4.78, 5) is 62.3. The number of nitrogens with zero attached hydrogens (tertiary/aromatic N) is 4. The van der Waals surface area contributed by atoms with Crippen LogP contribution in [0.1, 0.15) is 22.3 Å². The molecule has 0 aromatic heterocycles. The second-order valence-corrected chi connectivity index (χ2v) is 11.2. The second-order valence-electron chi connectivity index (χ2n) is 9.05. The van der Waals surface area contributed by atoms with Crippen LogP contribution in [0.3, 0.4) is 0 Å². The Morgan fingerprint density at radius 3 is 2.00 bits per heavy atom. The van der Waals surface area contributed by atoms with Crippen LogP contribution in [0.4, 0.5) is 11.4 Å². The largest absolute Gasteiger partial charge is 0.282 e. The molecule has 0 radical (unpaired) electrons. The van der Waals surface area contributed by atoms with Gasteiger partial charge in [0.2, 0.25) is 0 Å². The molecule has 1 aliphatic heterocycles. The fourth-order valence-corrected chi connectivity index (χ4v) is 7.53. The molecule has 2 aromatic carbocycles. The van der Waals surface area contributed by atoms with Gasteiger partial charge < -0.3 is 0 Å². The van der Waals surface area contributed by atoms with E-state index in [0.29, 0.717) is 12.0 Å². The summed E-state index contributed by atoms with van der Waals surface area (Å²) in [5.74, 6) is -3.30. The van der Waals surface area contributed by atoms with E-state index in [1.54, 1.807) is 0 Å². The number of halogens is 2. The van der Waals surface area contributed by atoms with Crippen molar-refractivity contribution in [2.75, 3.05) is 0 Å². The van der Waals surface area contributed by atoms with E-state index in [0.717, 1.165) is 10.0 Å². The van der Waals surface area contributed by atoms with Gasteiger partial charge in [-0.3, -0.25) is 34.6 Å². The Bertz CT molecular complexity index is 1270. The Morgan fingerprint density at radius 1 is 0.917 bits per heavy atom. The van der Waals surface area contributed by atoms with Crippen molar-refractivity contribution in [3.63, 3.8) is 0 Å². The first kappa shape index (κ1) is 24.5. The summed E-state index contributed by atoms with van der Waals surface area (Å²) in [6.45, 7) is -0.287. The molecular formula is C23H18Br2N4O7. The number of hydrogen-bond donors (Lipinski definition) is 0. The van der Waals surface area contributed by atoms with Gasteiger partial charge in [-0.1, -0.05) is 56.1 Å². The molecule has 0 spiro atoms. The zero-order chi connectivity index (χ0) is 25.9. The Hall–Kier alpha value is -3.19. The van der Waals surface area contributed by atoms with E-state index in [9.17, 15) is 34.6 Å². The number of benzene rings is 2. The zero-order valence-electron chi connectivity index (χ0n) is 18.4. The third kappa shape index (κ3) is 3.72. The minimum atomic E-state index is -0.888. The van der Waals surface area contributed by atoms with Gasteiger partial charge in [-0.2, -0.15) is 5.01 Å². The van der Waals surface area contributed by atoms with Gasteiger partial charge in [0.05, 0.1) is 28.2 Å². The normalized spacial score (nSPS) is 28.3. The summed E-state index contributed by atoms with van der Waals surface area (Å²) in [7, 11) is 0. The predicted molar refractivity (Wildman–Crippen MR) is 132 cm³/mol. The molecule has 5 rings (SSSR count). The molecule has 3 aliphatic rings. The Kier molecular flexibility index (Phi) is 6.15. The Labute approximate surface area is 221 Å². The van der Waals surface area contributed by atoms with Gasteiger partial charge in [0.1, 0.15) is 5.56 Å². The highest BCUT2D eigenvalue weighted by Gasteiger charge is 2.67. The maximum atomic E-state index is 13.7. The molecule has 0 unspecified atom stereocenters. The molecule has 1 heterocycles. The summed E-state index contributed by atoms with van der Waals surface area (Å²) >= 11 is 7.25. The molecule has 3 amide bonds. The minimum absolute atomic E-state index is 0.00511. The fourth-order valence-electron chi connectivity index (χ4n) is 5.65. The Morgan fingerprint density at radius 2 is 1.47 bits per heavy atom. The van der Waals surface area contributed by atoms with E-state index in [2.05, 4.69) is 31.9 Å². The average Bonchev–Trinajstić information content (AvgIpc) is 3.47. The molecule has 186 valence electrons. The molecule has 0 N–H and O–H groups in total. The molecule has 2 bridgehead atoms. The van der Waals surface area contributed by atoms with Crippen LogP contribution in [0.25, 0.3) is 0 Å². The number of imide groups is 1. The molecule has 2 aliphatic carbocycles. The molecule has 6 atom stereocenters. The smallest absolute Gasteiger partial charge is 0.272 e. The number of alkyl halides is 2. The zero-order valence-corrected chi connectivity index (χ0v) is 21.6. The number of rotatable bonds is 6. The van der Waals surface area contributed by atoms with Crippen LogP contribution in [0.15, 0.2) is 48.5 Å². The molecule has 36 heavy (non-hydrogen) atoms. The first-order chi connectivity index (χ1) is 17.1. The van der Waals surface area contributed by atoms with Crippen LogP contribution in [-0.4, -0.2) is 47.2 Å². The van der Waals surface area contributed by atoms with Crippen molar-refractivity contribution in [3.8, 4) is 0 Å². The lowest BCUT2D eigenvalue weighted by Crippen LogP contribution is -2.50. The summed E-state index contributed by atoms with van der Waals surface area (Å²) in [6, 6.07) is 10.6. The number of carbonyl (C=O) groups excluding carboxylic acids is 3. The number of carbonyl (C=O) groups is 3. The van der Waals surface area contributed by atoms with Gasteiger partial charge >= 0.3 is 0 Å². The van der Waals surface area contributed by atoms with Crippen molar-refractivity contribution in [3.05, 3.63) is 79.9 Å². The number of nitro groups is 2. The Balaban J connectivity index is 1.55. The lowest BCUT2D eigenvalue weighted by atomic mass is 9.81. The highest BCUT2D eigenvalue weighted by Crippen LogP contribution is 2.60. The van der Waals surface area contributed by atoms with E-state index in [1.165, 1.54) is 48.5 Å². The van der Waals surface area contributed by atoms with E-state index in [-0.39, 0.29) is 39.3 Å². The molecule has 2 saturated carbocycles. The summed E-state index contributed by atoms with van der Waals surface area (Å²) in [6.07, 6.45) is 0.701.